The molecule has 1 fully saturated rings. The lowest BCUT2D eigenvalue weighted by Gasteiger charge is -2.44. The Morgan fingerprint density at radius 1 is 1.24 bits per heavy atom. The molecule has 0 amide bonds. The first-order valence-electron chi connectivity index (χ1n) is 7.24. The van der Waals surface area contributed by atoms with Gasteiger partial charge in [0, 0.05) is 12.1 Å². The van der Waals surface area contributed by atoms with E-state index in [1.165, 1.54) is 25.7 Å². The molecule has 0 aliphatic heterocycles. The zero-order valence-corrected chi connectivity index (χ0v) is 12.5. The maximum Gasteiger partial charge on any atom is 0.0304 e. The van der Waals surface area contributed by atoms with Crippen LogP contribution in [0, 0.1) is 17.3 Å². The molecule has 3 N–H and O–H groups in total. The van der Waals surface area contributed by atoms with Crippen molar-refractivity contribution in [3.63, 3.8) is 0 Å². The van der Waals surface area contributed by atoms with Crippen molar-refractivity contribution in [1.29, 1.82) is 0 Å². The Morgan fingerprint density at radius 2 is 1.76 bits per heavy atom. The van der Waals surface area contributed by atoms with Crippen molar-refractivity contribution in [3.8, 4) is 0 Å². The van der Waals surface area contributed by atoms with Crippen LogP contribution < -0.4 is 11.1 Å². The molecular weight excluding hydrogens is 208 g/mol. The molecule has 0 unspecified atom stereocenters. The normalized spacial score (nSPS) is 30.9. The highest BCUT2D eigenvalue weighted by Crippen LogP contribution is 2.41. The van der Waals surface area contributed by atoms with Crippen molar-refractivity contribution in [2.75, 3.05) is 13.1 Å². The molecule has 0 heterocycles. The van der Waals surface area contributed by atoms with Crippen LogP contribution in [0.15, 0.2) is 0 Å². The third-order valence-corrected chi connectivity index (χ3v) is 4.44. The fraction of sp³-hybridized carbons (Fsp3) is 1.00. The molecule has 17 heavy (non-hydrogen) atoms. The number of rotatable bonds is 4. The Kier molecular flexibility index (Phi) is 5.03. The van der Waals surface area contributed by atoms with Crippen molar-refractivity contribution in [2.24, 2.45) is 23.0 Å². The van der Waals surface area contributed by atoms with Gasteiger partial charge in [0.15, 0.2) is 0 Å². The third kappa shape index (κ3) is 4.26. The lowest BCUT2D eigenvalue weighted by Crippen LogP contribution is -2.55. The molecule has 0 radical (unpaired) electrons. The fourth-order valence-corrected chi connectivity index (χ4v) is 2.91. The molecule has 0 bridgehead atoms. The average Bonchev–Trinajstić information content (AvgIpc) is 2.26. The monoisotopic (exact) mass is 240 g/mol. The van der Waals surface area contributed by atoms with E-state index in [0.717, 1.165) is 19.0 Å². The number of nitrogens with one attached hydrogen (secondary N) is 1. The van der Waals surface area contributed by atoms with Gasteiger partial charge in [-0.2, -0.15) is 0 Å². The summed E-state index contributed by atoms with van der Waals surface area (Å²) in [6.45, 7) is 13.5. The zero-order chi connectivity index (χ0) is 13.1. The molecule has 2 nitrogen and oxygen atoms in total. The summed E-state index contributed by atoms with van der Waals surface area (Å²) in [5, 5.41) is 3.73. The molecule has 0 atom stereocenters. The van der Waals surface area contributed by atoms with Gasteiger partial charge in [0.05, 0.1) is 0 Å². The highest BCUT2D eigenvalue weighted by Gasteiger charge is 2.37. The van der Waals surface area contributed by atoms with Gasteiger partial charge >= 0.3 is 0 Å². The molecule has 0 aromatic rings. The molecule has 102 valence electrons. The Labute approximate surface area is 108 Å². The van der Waals surface area contributed by atoms with E-state index in [2.05, 4.69) is 39.9 Å². The highest BCUT2D eigenvalue weighted by atomic mass is 15.0. The van der Waals surface area contributed by atoms with E-state index in [0.29, 0.717) is 11.3 Å². The van der Waals surface area contributed by atoms with Gasteiger partial charge in [-0.25, -0.2) is 0 Å². The number of nitrogens with two attached hydrogens (primary N) is 1. The molecule has 0 aromatic heterocycles. The molecule has 0 spiro atoms. The van der Waals surface area contributed by atoms with Crippen LogP contribution in [0.1, 0.15) is 60.3 Å². The Balaban J connectivity index is 2.51. The molecule has 1 aliphatic carbocycles. The first-order valence-corrected chi connectivity index (χ1v) is 7.24. The standard InChI is InChI=1S/C15H32N2/c1-12(2)10-17-15(11-16)8-6-13(7-9-15)14(3,4)5/h12-13,17H,6-11,16H2,1-5H3. The molecular formula is C15H32N2. The van der Waals surface area contributed by atoms with Crippen LogP contribution in [0.4, 0.5) is 0 Å². The van der Waals surface area contributed by atoms with Crippen LogP contribution in [0.5, 0.6) is 0 Å². The summed E-state index contributed by atoms with van der Waals surface area (Å²) in [7, 11) is 0. The van der Waals surface area contributed by atoms with Crippen molar-refractivity contribution in [1.82, 2.24) is 5.32 Å². The van der Waals surface area contributed by atoms with Crippen molar-refractivity contribution in [3.05, 3.63) is 0 Å². The van der Waals surface area contributed by atoms with Gasteiger partial charge in [-0.05, 0) is 49.5 Å². The van der Waals surface area contributed by atoms with Gasteiger partial charge in [-0.1, -0.05) is 34.6 Å². The van der Waals surface area contributed by atoms with E-state index >= 15 is 0 Å². The van der Waals surface area contributed by atoms with Crippen LogP contribution in [-0.4, -0.2) is 18.6 Å². The summed E-state index contributed by atoms with van der Waals surface area (Å²) >= 11 is 0. The van der Waals surface area contributed by atoms with E-state index in [-0.39, 0.29) is 5.54 Å². The molecule has 1 rings (SSSR count). The summed E-state index contributed by atoms with van der Waals surface area (Å²) in [4.78, 5) is 0. The van der Waals surface area contributed by atoms with E-state index in [1.807, 2.05) is 0 Å². The minimum absolute atomic E-state index is 0.228. The minimum Gasteiger partial charge on any atom is -0.329 e. The SMILES string of the molecule is CC(C)CNC1(CN)CCC(C(C)(C)C)CC1. The summed E-state index contributed by atoms with van der Waals surface area (Å²) in [5.41, 5.74) is 6.70. The van der Waals surface area contributed by atoms with Crippen LogP contribution in [0.3, 0.4) is 0 Å². The topological polar surface area (TPSA) is 38.0 Å². The summed E-state index contributed by atoms with van der Waals surface area (Å²) in [6, 6.07) is 0. The molecule has 0 aromatic carbocycles. The Hall–Kier alpha value is -0.0800. The Bertz CT molecular complexity index is 220. The summed E-state index contributed by atoms with van der Waals surface area (Å²) < 4.78 is 0. The second-order valence-corrected chi connectivity index (χ2v) is 7.40. The predicted molar refractivity (Wildman–Crippen MR) is 76.0 cm³/mol. The van der Waals surface area contributed by atoms with Crippen LogP contribution in [0.2, 0.25) is 0 Å². The first-order chi connectivity index (χ1) is 7.79. The van der Waals surface area contributed by atoms with Gasteiger partial charge in [0.2, 0.25) is 0 Å². The lowest BCUT2D eigenvalue weighted by atomic mass is 9.67. The van der Waals surface area contributed by atoms with Crippen molar-refractivity contribution in [2.45, 2.75) is 65.8 Å². The quantitative estimate of drug-likeness (QED) is 0.792. The molecule has 2 heteroatoms. The van der Waals surface area contributed by atoms with E-state index in [1.54, 1.807) is 0 Å². The average molecular weight is 240 g/mol. The van der Waals surface area contributed by atoms with Gasteiger partial charge < -0.3 is 11.1 Å². The van der Waals surface area contributed by atoms with Crippen LogP contribution in [0.25, 0.3) is 0 Å². The van der Waals surface area contributed by atoms with Crippen molar-refractivity contribution >= 4 is 0 Å². The van der Waals surface area contributed by atoms with Gasteiger partial charge in [-0.15, -0.1) is 0 Å². The summed E-state index contributed by atoms with van der Waals surface area (Å²) in [6.07, 6.45) is 5.15. The maximum absolute atomic E-state index is 6.02. The first kappa shape index (κ1) is 15.0. The van der Waals surface area contributed by atoms with Crippen molar-refractivity contribution < 1.29 is 0 Å². The van der Waals surface area contributed by atoms with E-state index in [9.17, 15) is 0 Å². The van der Waals surface area contributed by atoms with Gasteiger partial charge in [0.1, 0.15) is 0 Å². The number of hydrogen-bond donors (Lipinski definition) is 2. The second kappa shape index (κ2) is 5.71. The van der Waals surface area contributed by atoms with Gasteiger partial charge in [-0.3, -0.25) is 0 Å². The lowest BCUT2D eigenvalue weighted by molar-refractivity contribution is 0.116. The highest BCUT2D eigenvalue weighted by molar-refractivity contribution is 4.95. The summed E-state index contributed by atoms with van der Waals surface area (Å²) in [5.74, 6) is 1.57. The maximum atomic E-state index is 6.02. The molecule has 0 saturated heterocycles. The zero-order valence-electron chi connectivity index (χ0n) is 12.5. The molecule has 1 aliphatic rings. The number of hydrogen-bond acceptors (Lipinski definition) is 2. The van der Waals surface area contributed by atoms with Gasteiger partial charge in [0.25, 0.3) is 0 Å². The second-order valence-electron chi connectivity index (χ2n) is 7.40. The minimum atomic E-state index is 0.228. The van der Waals surface area contributed by atoms with E-state index in [4.69, 9.17) is 5.73 Å². The molecule has 1 saturated carbocycles. The van der Waals surface area contributed by atoms with Crippen LogP contribution >= 0.6 is 0 Å². The van der Waals surface area contributed by atoms with E-state index < -0.39 is 0 Å². The fourth-order valence-electron chi connectivity index (χ4n) is 2.91. The smallest absolute Gasteiger partial charge is 0.0304 e. The Morgan fingerprint density at radius 3 is 2.12 bits per heavy atom. The van der Waals surface area contributed by atoms with Crippen LogP contribution in [-0.2, 0) is 0 Å². The predicted octanol–water partition coefficient (Wildman–Crippen LogP) is 3.17. The largest absolute Gasteiger partial charge is 0.329 e. The third-order valence-electron chi connectivity index (χ3n) is 4.44.